The van der Waals surface area contributed by atoms with Gasteiger partial charge in [-0.1, -0.05) is 19.8 Å². The lowest BCUT2D eigenvalue weighted by molar-refractivity contribution is -0.161. The van der Waals surface area contributed by atoms with Crippen molar-refractivity contribution < 1.29 is 32.6 Å². The van der Waals surface area contributed by atoms with Gasteiger partial charge in [0, 0.05) is 0 Å². The van der Waals surface area contributed by atoms with Crippen molar-refractivity contribution in [1.82, 2.24) is 5.32 Å². The molecule has 0 aliphatic heterocycles. The second-order valence-electron chi connectivity index (χ2n) is 5.16. The number of alkyl halides is 3. The highest BCUT2D eigenvalue weighted by atomic mass is 19.4. The highest BCUT2D eigenvalue weighted by Crippen LogP contribution is 2.24. The number of carbonyl (C=O) groups is 2. The number of aliphatic carboxylic acids is 1. The third kappa shape index (κ3) is 6.33. The Morgan fingerprint density at radius 3 is 2.33 bits per heavy atom. The lowest BCUT2D eigenvalue weighted by Crippen LogP contribution is -2.48. The second-order valence-corrected chi connectivity index (χ2v) is 5.16. The van der Waals surface area contributed by atoms with E-state index in [1.54, 1.807) is 6.92 Å². The normalized spacial score (nSPS) is 19.2. The van der Waals surface area contributed by atoms with Crippen LogP contribution < -0.4 is 5.32 Å². The van der Waals surface area contributed by atoms with E-state index in [1.165, 1.54) is 0 Å². The molecule has 0 spiro atoms. The van der Waals surface area contributed by atoms with Crippen LogP contribution in [0.25, 0.3) is 0 Å². The van der Waals surface area contributed by atoms with Crippen molar-refractivity contribution in [2.75, 3.05) is 0 Å². The molecule has 1 saturated carbocycles. The molecule has 2 unspecified atom stereocenters. The van der Waals surface area contributed by atoms with Crippen LogP contribution in [0.1, 0.15) is 45.4 Å². The Labute approximate surface area is 120 Å². The molecule has 0 heterocycles. The van der Waals surface area contributed by atoms with E-state index >= 15 is 0 Å². The molecule has 0 saturated heterocycles. The van der Waals surface area contributed by atoms with Crippen molar-refractivity contribution in [3.05, 3.63) is 0 Å². The Bertz CT molecular complexity index is 367. The summed E-state index contributed by atoms with van der Waals surface area (Å²) in [6.07, 6.45) is -3.36. The Hall–Kier alpha value is -1.31. The van der Waals surface area contributed by atoms with Gasteiger partial charge in [-0.2, -0.15) is 13.2 Å². The summed E-state index contributed by atoms with van der Waals surface area (Å²) < 4.78 is 42.4. The minimum absolute atomic E-state index is 0.0772. The summed E-state index contributed by atoms with van der Waals surface area (Å²) in [5.41, 5.74) is 0. The monoisotopic (exact) mass is 311 g/mol. The number of rotatable bonds is 7. The van der Waals surface area contributed by atoms with Gasteiger partial charge < -0.3 is 15.2 Å². The van der Waals surface area contributed by atoms with Crippen molar-refractivity contribution in [3.63, 3.8) is 0 Å². The average Bonchev–Trinajstić information content (AvgIpc) is 2.86. The third-order valence-corrected chi connectivity index (χ3v) is 3.37. The van der Waals surface area contributed by atoms with Gasteiger partial charge in [-0.15, -0.1) is 0 Å². The molecule has 2 atom stereocenters. The summed E-state index contributed by atoms with van der Waals surface area (Å²) in [6, 6.07) is -1.99. The number of nitrogens with one attached hydrogen (secondary N) is 1. The van der Waals surface area contributed by atoms with E-state index in [4.69, 9.17) is 9.84 Å². The molecule has 2 N–H and O–H groups in total. The number of hydrogen-bond donors (Lipinski definition) is 2. The van der Waals surface area contributed by atoms with Crippen LogP contribution in [0.4, 0.5) is 13.2 Å². The first-order chi connectivity index (χ1) is 9.73. The summed E-state index contributed by atoms with van der Waals surface area (Å²) in [4.78, 5) is 22.7. The molecule has 0 aromatic carbocycles. The molecular weight excluding hydrogens is 291 g/mol. The maximum absolute atomic E-state index is 12.3. The van der Waals surface area contributed by atoms with Crippen molar-refractivity contribution in [3.8, 4) is 0 Å². The van der Waals surface area contributed by atoms with Gasteiger partial charge in [0.2, 0.25) is 5.91 Å². The topological polar surface area (TPSA) is 75.6 Å². The quantitative estimate of drug-likeness (QED) is 0.756. The van der Waals surface area contributed by atoms with Gasteiger partial charge in [0.25, 0.3) is 0 Å². The number of hydrogen-bond acceptors (Lipinski definition) is 3. The number of carbonyl (C=O) groups excluding carboxylic acids is 1. The fourth-order valence-electron chi connectivity index (χ4n) is 2.30. The molecule has 1 aliphatic carbocycles. The fraction of sp³-hybridized carbons (Fsp3) is 0.846. The molecule has 21 heavy (non-hydrogen) atoms. The molecule has 0 aromatic heterocycles. The third-order valence-electron chi connectivity index (χ3n) is 3.37. The fourth-order valence-corrected chi connectivity index (χ4v) is 2.30. The van der Waals surface area contributed by atoms with E-state index in [9.17, 15) is 22.8 Å². The average molecular weight is 311 g/mol. The van der Waals surface area contributed by atoms with E-state index in [2.05, 4.69) is 0 Å². The predicted octanol–water partition coefficient (Wildman–Crippen LogP) is 2.25. The first-order valence-electron chi connectivity index (χ1n) is 6.98. The Morgan fingerprint density at radius 1 is 1.33 bits per heavy atom. The maximum atomic E-state index is 12.3. The van der Waals surface area contributed by atoms with Crippen LogP contribution in [0.2, 0.25) is 0 Å². The van der Waals surface area contributed by atoms with Gasteiger partial charge in [-0.05, 0) is 19.3 Å². The molecule has 0 radical (unpaired) electrons. The Kier molecular flexibility index (Phi) is 6.44. The largest absolute Gasteiger partial charge is 0.480 e. The minimum atomic E-state index is -4.66. The zero-order chi connectivity index (χ0) is 16.0. The summed E-state index contributed by atoms with van der Waals surface area (Å²) >= 11 is 0. The number of ether oxygens (including phenoxy) is 1. The molecule has 1 amide bonds. The Balaban J connectivity index is 2.58. The van der Waals surface area contributed by atoms with E-state index in [-0.39, 0.29) is 12.5 Å². The number of halogens is 3. The van der Waals surface area contributed by atoms with Crippen molar-refractivity contribution in [1.29, 1.82) is 0 Å². The van der Waals surface area contributed by atoms with Crippen LogP contribution in [-0.4, -0.2) is 41.4 Å². The molecular formula is C13H20F3NO4. The van der Waals surface area contributed by atoms with Crippen LogP contribution in [0.3, 0.4) is 0 Å². The summed E-state index contributed by atoms with van der Waals surface area (Å²) in [6.45, 7) is 1.67. The molecule has 122 valence electrons. The predicted molar refractivity (Wildman–Crippen MR) is 67.7 cm³/mol. The lowest BCUT2D eigenvalue weighted by atomic mass is 10.1. The number of amides is 1. The zero-order valence-corrected chi connectivity index (χ0v) is 11.8. The molecule has 0 bridgehead atoms. The molecule has 0 aromatic rings. The van der Waals surface area contributed by atoms with Gasteiger partial charge in [0.15, 0.2) is 0 Å². The van der Waals surface area contributed by atoms with Crippen LogP contribution in [0.15, 0.2) is 0 Å². The van der Waals surface area contributed by atoms with Crippen molar-refractivity contribution in [2.45, 2.75) is 69.9 Å². The van der Waals surface area contributed by atoms with E-state index in [1.807, 2.05) is 5.32 Å². The van der Waals surface area contributed by atoms with Crippen LogP contribution in [0.5, 0.6) is 0 Å². The van der Waals surface area contributed by atoms with Gasteiger partial charge in [0.05, 0.1) is 12.5 Å². The van der Waals surface area contributed by atoms with Gasteiger partial charge in [-0.25, -0.2) is 4.79 Å². The van der Waals surface area contributed by atoms with E-state index in [0.717, 1.165) is 25.7 Å². The molecule has 5 nitrogen and oxygen atoms in total. The van der Waals surface area contributed by atoms with Gasteiger partial charge in [-0.3, -0.25) is 4.79 Å². The number of carboxylic acids is 1. The van der Waals surface area contributed by atoms with Gasteiger partial charge in [0.1, 0.15) is 12.1 Å². The highest BCUT2D eigenvalue weighted by Gasteiger charge is 2.37. The van der Waals surface area contributed by atoms with Crippen LogP contribution >= 0.6 is 0 Å². The molecule has 1 rings (SSSR count). The van der Waals surface area contributed by atoms with E-state index < -0.39 is 36.6 Å². The smallest absolute Gasteiger partial charge is 0.391 e. The first kappa shape index (κ1) is 17.7. The van der Waals surface area contributed by atoms with E-state index in [0.29, 0.717) is 0 Å². The van der Waals surface area contributed by atoms with Gasteiger partial charge >= 0.3 is 12.1 Å². The summed E-state index contributed by atoms with van der Waals surface area (Å²) in [5.74, 6) is -2.52. The SMILES string of the molecule is CCC(OC1CCCC1)C(=O)NC(CC(F)(F)F)C(=O)O. The van der Waals surface area contributed by atoms with Crippen LogP contribution in [-0.2, 0) is 14.3 Å². The first-order valence-corrected chi connectivity index (χ1v) is 6.98. The molecule has 8 heteroatoms. The molecule has 1 fully saturated rings. The van der Waals surface area contributed by atoms with Crippen LogP contribution in [0, 0.1) is 0 Å². The standard InChI is InChI=1S/C13H20F3NO4/c1-2-10(21-8-5-3-4-6-8)11(18)17-9(12(19)20)7-13(14,15)16/h8-10H,2-7H2,1H3,(H,17,18)(H,19,20). The van der Waals surface area contributed by atoms with Crippen molar-refractivity contribution >= 4 is 11.9 Å². The summed E-state index contributed by atoms with van der Waals surface area (Å²) in [7, 11) is 0. The minimum Gasteiger partial charge on any atom is -0.480 e. The Morgan fingerprint density at radius 2 is 1.90 bits per heavy atom. The maximum Gasteiger partial charge on any atom is 0.391 e. The summed E-state index contributed by atoms with van der Waals surface area (Å²) in [5, 5.41) is 10.7. The lowest BCUT2D eigenvalue weighted by Gasteiger charge is -2.23. The highest BCUT2D eigenvalue weighted by molar-refractivity contribution is 5.86. The second kappa shape index (κ2) is 7.63. The number of carboxylic acid groups (broad SMARTS) is 1. The van der Waals surface area contributed by atoms with Crippen molar-refractivity contribution in [2.24, 2.45) is 0 Å². The molecule has 1 aliphatic rings. The zero-order valence-electron chi connectivity index (χ0n) is 11.8.